The smallest absolute Gasteiger partial charge is 0.410 e. The Labute approximate surface area is 316 Å². The number of amides is 2. The molecular weight excluding hydrogens is 693 g/mol. The summed E-state index contributed by atoms with van der Waals surface area (Å²) in [6.45, 7) is 7.57. The number of phenols is 1. The molecule has 2 fully saturated rings. The first-order valence-electron chi connectivity index (χ1n) is 18.6. The van der Waals surface area contributed by atoms with Crippen LogP contribution in [-0.4, -0.2) is 84.1 Å². The Morgan fingerprint density at radius 1 is 0.963 bits per heavy atom. The van der Waals surface area contributed by atoms with Crippen LogP contribution in [0.2, 0.25) is 0 Å². The lowest BCUT2D eigenvalue weighted by Gasteiger charge is -2.40. The zero-order chi connectivity index (χ0) is 38.6. The number of likely N-dealkylation sites (tertiary alicyclic amines) is 1. The number of ether oxygens (including phenoxy) is 5. The van der Waals surface area contributed by atoms with E-state index in [9.17, 15) is 14.7 Å². The number of benzene rings is 3. The Hall–Kier alpha value is -4.97. The number of methoxy groups -OCH3 is 3. The first-order valence-corrected chi connectivity index (χ1v) is 18.6. The number of rotatable bonds is 14. The van der Waals surface area contributed by atoms with E-state index in [-0.39, 0.29) is 49.1 Å². The zero-order valence-electron chi connectivity index (χ0n) is 32.1. The van der Waals surface area contributed by atoms with Gasteiger partial charge in [0.15, 0.2) is 0 Å². The van der Waals surface area contributed by atoms with E-state index in [2.05, 4.69) is 0 Å². The van der Waals surface area contributed by atoms with E-state index in [0.29, 0.717) is 48.8 Å². The van der Waals surface area contributed by atoms with Crippen molar-refractivity contribution in [2.75, 3.05) is 41.0 Å². The summed E-state index contributed by atoms with van der Waals surface area (Å²) in [7, 11) is 4.82. The third-order valence-corrected chi connectivity index (χ3v) is 10.0. The van der Waals surface area contributed by atoms with Gasteiger partial charge in [-0.2, -0.15) is 0 Å². The highest BCUT2D eigenvalue weighted by Gasteiger charge is 2.44. The van der Waals surface area contributed by atoms with Crippen LogP contribution in [0.3, 0.4) is 0 Å². The molecule has 3 aromatic carbocycles. The summed E-state index contributed by atoms with van der Waals surface area (Å²) in [4.78, 5) is 31.8. The summed E-state index contributed by atoms with van der Waals surface area (Å²) in [6, 6.07) is 15.6. The first-order chi connectivity index (χ1) is 25.9. The van der Waals surface area contributed by atoms with Crippen molar-refractivity contribution in [2.45, 2.75) is 83.7 Å². The molecule has 1 N–H and O–H groups in total. The molecule has 54 heavy (non-hydrogen) atoms. The van der Waals surface area contributed by atoms with Crippen molar-refractivity contribution in [2.24, 2.45) is 5.92 Å². The van der Waals surface area contributed by atoms with Gasteiger partial charge in [-0.1, -0.05) is 6.07 Å². The Bertz CT molecular complexity index is 1930. The molecule has 1 aliphatic carbocycles. The molecule has 1 saturated carbocycles. The fourth-order valence-corrected chi connectivity index (χ4v) is 7.36. The highest BCUT2D eigenvalue weighted by molar-refractivity contribution is 5.86. The normalized spacial score (nSPS) is 17.4. The van der Waals surface area contributed by atoms with E-state index in [1.165, 1.54) is 6.07 Å². The third kappa shape index (κ3) is 9.21. The van der Waals surface area contributed by atoms with E-state index < -0.39 is 17.6 Å². The van der Waals surface area contributed by atoms with Crippen LogP contribution in [0.25, 0.3) is 10.9 Å². The van der Waals surface area contributed by atoms with Gasteiger partial charge in [0.05, 0.1) is 25.7 Å². The number of fused-ring (bicyclic) bond motifs is 1. The lowest BCUT2D eigenvalue weighted by atomic mass is 9.79. The molecule has 1 aromatic heterocycles. The largest absolute Gasteiger partial charge is 0.508 e. The van der Waals surface area contributed by atoms with Gasteiger partial charge >= 0.3 is 6.09 Å². The van der Waals surface area contributed by atoms with Crippen molar-refractivity contribution in [1.82, 2.24) is 14.4 Å². The predicted molar refractivity (Wildman–Crippen MR) is 203 cm³/mol. The van der Waals surface area contributed by atoms with E-state index >= 15 is 4.39 Å². The monoisotopic (exact) mass is 745 g/mol. The minimum atomic E-state index is -0.709. The number of carbonyl (C=O) groups excluding carboxylic acids is 2. The maximum atomic E-state index is 15.5. The van der Waals surface area contributed by atoms with Crippen LogP contribution in [0.15, 0.2) is 60.8 Å². The third-order valence-electron chi connectivity index (χ3n) is 10.0. The molecule has 2 atom stereocenters. The number of piperidine rings is 1. The molecule has 0 spiro atoms. The lowest BCUT2D eigenvalue weighted by Crippen LogP contribution is -2.51. The standard InChI is InChI=1S/C42H52FN3O8/c1-42(2,3)54-41(49)45-15-13-35(28-19-31(47)21-34(20-28)53-26-27-17-32(51-5)22-33(18-27)52-6)36(25-45)40(48)46(30-11-12-30)24-29-23-44(14-8-16-50-4)38-10-7-9-37(43)39(29)38/h7,9-10,17-23,30,35-36,47H,8,11-16,24-26H2,1-6H3/t35-,36+/m1/s1. The Kier molecular flexibility index (Phi) is 11.9. The molecule has 0 unspecified atom stereocenters. The van der Waals surface area contributed by atoms with Crippen LogP contribution in [-0.2, 0) is 34.0 Å². The van der Waals surface area contributed by atoms with Gasteiger partial charge in [0, 0.05) is 69.7 Å². The molecule has 1 aliphatic heterocycles. The van der Waals surface area contributed by atoms with E-state index in [1.807, 2.05) is 60.7 Å². The Morgan fingerprint density at radius 2 is 1.70 bits per heavy atom. The van der Waals surface area contributed by atoms with Gasteiger partial charge in [0.1, 0.15) is 41.0 Å². The maximum absolute atomic E-state index is 15.5. The molecule has 0 bridgehead atoms. The van der Waals surface area contributed by atoms with Crippen LogP contribution < -0.4 is 14.2 Å². The van der Waals surface area contributed by atoms with Crippen molar-refractivity contribution in [1.29, 1.82) is 0 Å². The highest BCUT2D eigenvalue weighted by atomic mass is 19.1. The van der Waals surface area contributed by atoms with Crippen molar-refractivity contribution in [3.05, 3.63) is 83.3 Å². The topological polar surface area (TPSA) is 112 Å². The molecular formula is C42H52FN3O8. The summed E-state index contributed by atoms with van der Waals surface area (Å²) < 4.78 is 45.5. The average Bonchev–Trinajstić information content (AvgIpc) is 3.93. The first kappa shape index (κ1) is 38.7. The van der Waals surface area contributed by atoms with Crippen LogP contribution in [0.4, 0.5) is 9.18 Å². The SMILES string of the molecule is COCCCn1cc(CN(C(=O)[C@H]2CN(C(=O)OC(C)(C)C)CC[C@@H]2c2cc(O)cc(OCc3cc(OC)cc(OC)c3)c2)C2CC2)c2c(F)cccc21. The summed E-state index contributed by atoms with van der Waals surface area (Å²) in [5.74, 6) is 0.220. The molecule has 6 rings (SSSR count). The predicted octanol–water partition coefficient (Wildman–Crippen LogP) is 7.65. The quantitative estimate of drug-likeness (QED) is 0.131. The van der Waals surface area contributed by atoms with Crippen molar-refractivity contribution < 1.29 is 42.8 Å². The molecule has 4 aromatic rings. The van der Waals surface area contributed by atoms with Crippen molar-refractivity contribution in [3.8, 4) is 23.0 Å². The average molecular weight is 746 g/mol. The summed E-state index contributed by atoms with van der Waals surface area (Å²) in [5.41, 5.74) is 2.34. The van der Waals surface area contributed by atoms with E-state index in [4.69, 9.17) is 23.7 Å². The molecule has 12 heteroatoms. The number of aromatic nitrogens is 1. The summed E-state index contributed by atoms with van der Waals surface area (Å²) >= 11 is 0. The van der Waals surface area contributed by atoms with E-state index in [1.54, 1.807) is 50.5 Å². The van der Waals surface area contributed by atoms with Gasteiger partial charge in [0.25, 0.3) is 0 Å². The van der Waals surface area contributed by atoms with Crippen molar-refractivity contribution >= 4 is 22.9 Å². The van der Waals surface area contributed by atoms with Crippen LogP contribution in [0, 0.1) is 11.7 Å². The number of carbonyl (C=O) groups is 2. The number of phenolic OH excluding ortho intramolecular Hbond substituents is 1. The maximum Gasteiger partial charge on any atom is 0.410 e. The van der Waals surface area contributed by atoms with Gasteiger partial charge < -0.3 is 43.2 Å². The van der Waals surface area contributed by atoms with Gasteiger partial charge in [-0.05, 0) is 105 Å². The van der Waals surface area contributed by atoms with Crippen LogP contribution in [0.5, 0.6) is 23.0 Å². The zero-order valence-corrected chi connectivity index (χ0v) is 32.1. The number of hydrogen-bond acceptors (Lipinski definition) is 8. The molecule has 1 saturated heterocycles. The lowest BCUT2D eigenvalue weighted by molar-refractivity contribution is -0.139. The van der Waals surface area contributed by atoms with Gasteiger partial charge in [-0.15, -0.1) is 0 Å². The van der Waals surface area contributed by atoms with Gasteiger partial charge in [0.2, 0.25) is 5.91 Å². The second-order valence-electron chi connectivity index (χ2n) is 15.2. The Morgan fingerprint density at radius 3 is 2.37 bits per heavy atom. The number of halogens is 1. The molecule has 2 aliphatic rings. The van der Waals surface area contributed by atoms with Gasteiger partial charge in [-0.25, -0.2) is 9.18 Å². The number of aryl methyl sites for hydroxylation is 1. The van der Waals surface area contributed by atoms with Crippen LogP contribution >= 0.6 is 0 Å². The van der Waals surface area contributed by atoms with E-state index in [0.717, 1.165) is 41.5 Å². The fraction of sp³-hybridized carbons (Fsp3) is 0.476. The second kappa shape index (κ2) is 16.6. The summed E-state index contributed by atoms with van der Waals surface area (Å²) in [6.07, 6.45) is 4.37. The molecule has 2 amide bonds. The molecule has 0 radical (unpaired) electrons. The van der Waals surface area contributed by atoms with Crippen LogP contribution in [0.1, 0.15) is 69.1 Å². The minimum absolute atomic E-state index is 0.00213. The minimum Gasteiger partial charge on any atom is -0.508 e. The molecule has 11 nitrogen and oxygen atoms in total. The molecule has 290 valence electrons. The van der Waals surface area contributed by atoms with Crippen molar-refractivity contribution in [3.63, 3.8) is 0 Å². The second-order valence-corrected chi connectivity index (χ2v) is 15.2. The number of aromatic hydroxyl groups is 1. The highest BCUT2D eigenvalue weighted by Crippen LogP contribution is 2.41. The molecule has 2 heterocycles. The Balaban J connectivity index is 1.31. The summed E-state index contributed by atoms with van der Waals surface area (Å²) in [5, 5.41) is 11.4. The number of hydrogen-bond donors (Lipinski definition) is 1. The fourth-order valence-electron chi connectivity index (χ4n) is 7.36. The number of nitrogens with zero attached hydrogens (tertiary/aromatic N) is 3. The van der Waals surface area contributed by atoms with Gasteiger partial charge in [-0.3, -0.25) is 4.79 Å².